The van der Waals surface area contributed by atoms with Crippen LogP contribution in [-0.4, -0.2) is 0 Å². The standard InChI is InChI=1S/C12H24/c1-4-11-6-5-7-12(11)9-8-10(2)3/h10-12H,4-9H2,1-3H3. The van der Waals surface area contributed by atoms with Crippen molar-refractivity contribution in [1.29, 1.82) is 0 Å². The molecule has 0 nitrogen and oxygen atoms in total. The summed E-state index contributed by atoms with van der Waals surface area (Å²) in [5.74, 6) is 3.06. The fraction of sp³-hybridized carbons (Fsp3) is 1.00. The predicted molar refractivity (Wildman–Crippen MR) is 55.2 cm³/mol. The Bertz CT molecular complexity index is 115. The van der Waals surface area contributed by atoms with Crippen LogP contribution in [0.3, 0.4) is 0 Å². The number of hydrogen-bond acceptors (Lipinski definition) is 0. The highest BCUT2D eigenvalue weighted by Crippen LogP contribution is 2.37. The van der Waals surface area contributed by atoms with Crippen molar-refractivity contribution in [2.45, 2.75) is 59.3 Å². The van der Waals surface area contributed by atoms with E-state index in [0.29, 0.717) is 0 Å². The Morgan fingerprint density at radius 3 is 2.42 bits per heavy atom. The molecule has 0 N–H and O–H groups in total. The van der Waals surface area contributed by atoms with E-state index in [1.54, 1.807) is 0 Å². The first-order chi connectivity index (χ1) is 5.74. The van der Waals surface area contributed by atoms with Crippen molar-refractivity contribution in [1.82, 2.24) is 0 Å². The highest BCUT2D eigenvalue weighted by molar-refractivity contribution is 4.76. The lowest BCUT2D eigenvalue weighted by atomic mass is 9.88. The molecule has 0 bridgehead atoms. The lowest BCUT2D eigenvalue weighted by Gasteiger charge is -2.18. The van der Waals surface area contributed by atoms with Crippen molar-refractivity contribution in [2.24, 2.45) is 17.8 Å². The third-order valence-corrected chi connectivity index (χ3v) is 3.46. The first-order valence-corrected chi connectivity index (χ1v) is 5.74. The van der Waals surface area contributed by atoms with E-state index in [2.05, 4.69) is 20.8 Å². The van der Waals surface area contributed by atoms with Crippen LogP contribution in [0.25, 0.3) is 0 Å². The molecule has 2 unspecified atom stereocenters. The van der Waals surface area contributed by atoms with Crippen LogP contribution in [0.4, 0.5) is 0 Å². The largest absolute Gasteiger partial charge is 0.0651 e. The van der Waals surface area contributed by atoms with Crippen molar-refractivity contribution in [2.75, 3.05) is 0 Å². The molecule has 0 amide bonds. The molecule has 0 radical (unpaired) electrons. The van der Waals surface area contributed by atoms with E-state index in [1.807, 2.05) is 0 Å². The summed E-state index contributed by atoms with van der Waals surface area (Å²) in [7, 11) is 0. The molecule has 0 heterocycles. The van der Waals surface area contributed by atoms with Gasteiger partial charge in [0.2, 0.25) is 0 Å². The topological polar surface area (TPSA) is 0 Å². The maximum Gasteiger partial charge on any atom is -0.0386 e. The van der Waals surface area contributed by atoms with Gasteiger partial charge in [-0.2, -0.15) is 0 Å². The normalized spacial score (nSPS) is 30.0. The maximum atomic E-state index is 2.36. The van der Waals surface area contributed by atoms with Crippen molar-refractivity contribution < 1.29 is 0 Å². The summed E-state index contributed by atoms with van der Waals surface area (Å²) in [5.41, 5.74) is 0. The third kappa shape index (κ3) is 2.80. The molecule has 1 aliphatic carbocycles. The van der Waals surface area contributed by atoms with E-state index in [9.17, 15) is 0 Å². The molecule has 12 heavy (non-hydrogen) atoms. The van der Waals surface area contributed by atoms with Gasteiger partial charge in [0.1, 0.15) is 0 Å². The molecule has 1 aliphatic rings. The Morgan fingerprint density at radius 1 is 1.17 bits per heavy atom. The SMILES string of the molecule is CCC1CCCC1CCC(C)C. The first kappa shape index (κ1) is 10.1. The summed E-state index contributed by atoms with van der Waals surface area (Å²) in [4.78, 5) is 0. The van der Waals surface area contributed by atoms with Crippen LogP contribution in [0, 0.1) is 17.8 Å². The van der Waals surface area contributed by atoms with E-state index in [-0.39, 0.29) is 0 Å². The van der Waals surface area contributed by atoms with E-state index < -0.39 is 0 Å². The maximum absolute atomic E-state index is 2.36. The van der Waals surface area contributed by atoms with Crippen LogP contribution in [0.15, 0.2) is 0 Å². The van der Waals surface area contributed by atoms with Gasteiger partial charge in [-0.15, -0.1) is 0 Å². The minimum atomic E-state index is 0.906. The monoisotopic (exact) mass is 168 g/mol. The third-order valence-electron chi connectivity index (χ3n) is 3.46. The van der Waals surface area contributed by atoms with Crippen LogP contribution in [0.5, 0.6) is 0 Å². The number of hydrogen-bond donors (Lipinski definition) is 0. The molecule has 2 atom stereocenters. The average molecular weight is 168 g/mol. The molecular weight excluding hydrogens is 144 g/mol. The van der Waals surface area contributed by atoms with Gasteiger partial charge in [0.05, 0.1) is 0 Å². The Morgan fingerprint density at radius 2 is 1.83 bits per heavy atom. The van der Waals surface area contributed by atoms with Gasteiger partial charge in [-0.3, -0.25) is 0 Å². The predicted octanol–water partition coefficient (Wildman–Crippen LogP) is 4.25. The summed E-state index contributed by atoms with van der Waals surface area (Å²) in [6.45, 7) is 7.05. The molecule has 1 fully saturated rings. The fourth-order valence-electron chi connectivity index (χ4n) is 2.58. The van der Waals surface area contributed by atoms with Gasteiger partial charge in [-0.1, -0.05) is 52.9 Å². The molecule has 0 spiro atoms. The van der Waals surface area contributed by atoms with Crippen LogP contribution >= 0.6 is 0 Å². The number of rotatable bonds is 4. The van der Waals surface area contributed by atoms with E-state index in [1.165, 1.54) is 38.5 Å². The van der Waals surface area contributed by atoms with E-state index in [4.69, 9.17) is 0 Å². The second-order valence-electron chi connectivity index (χ2n) is 4.83. The highest BCUT2D eigenvalue weighted by Gasteiger charge is 2.24. The fourth-order valence-corrected chi connectivity index (χ4v) is 2.58. The smallest absolute Gasteiger partial charge is 0.0386 e. The van der Waals surface area contributed by atoms with Crippen LogP contribution in [0.2, 0.25) is 0 Å². The molecule has 1 rings (SSSR count). The Hall–Kier alpha value is 0. The van der Waals surface area contributed by atoms with Crippen molar-refractivity contribution in [3.8, 4) is 0 Å². The average Bonchev–Trinajstić information content (AvgIpc) is 2.47. The van der Waals surface area contributed by atoms with Crippen LogP contribution in [0.1, 0.15) is 59.3 Å². The van der Waals surface area contributed by atoms with Crippen molar-refractivity contribution in [3.05, 3.63) is 0 Å². The first-order valence-electron chi connectivity index (χ1n) is 5.74. The lowest BCUT2D eigenvalue weighted by Crippen LogP contribution is -2.07. The highest BCUT2D eigenvalue weighted by atomic mass is 14.3. The summed E-state index contributed by atoms with van der Waals surface area (Å²) < 4.78 is 0. The quantitative estimate of drug-likeness (QED) is 0.588. The van der Waals surface area contributed by atoms with Crippen molar-refractivity contribution >= 4 is 0 Å². The Kier molecular flexibility index (Phi) is 4.11. The lowest BCUT2D eigenvalue weighted by molar-refractivity contribution is 0.329. The Balaban J connectivity index is 2.21. The second-order valence-corrected chi connectivity index (χ2v) is 4.83. The van der Waals surface area contributed by atoms with Gasteiger partial charge < -0.3 is 0 Å². The van der Waals surface area contributed by atoms with Gasteiger partial charge >= 0.3 is 0 Å². The van der Waals surface area contributed by atoms with Crippen LogP contribution < -0.4 is 0 Å². The van der Waals surface area contributed by atoms with Gasteiger partial charge in [0.15, 0.2) is 0 Å². The van der Waals surface area contributed by atoms with Gasteiger partial charge in [0, 0.05) is 0 Å². The molecule has 0 saturated heterocycles. The zero-order valence-corrected chi connectivity index (χ0v) is 8.97. The molecule has 1 saturated carbocycles. The molecule has 0 aromatic rings. The molecule has 0 aromatic heterocycles. The Labute approximate surface area is 77.7 Å². The summed E-state index contributed by atoms with van der Waals surface area (Å²) >= 11 is 0. The summed E-state index contributed by atoms with van der Waals surface area (Å²) in [5, 5.41) is 0. The van der Waals surface area contributed by atoms with Gasteiger partial charge in [-0.05, 0) is 24.2 Å². The van der Waals surface area contributed by atoms with E-state index >= 15 is 0 Å². The van der Waals surface area contributed by atoms with Crippen LogP contribution in [-0.2, 0) is 0 Å². The minimum Gasteiger partial charge on any atom is -0.0651 e. The van der Waals surface area contributed by atoms with Crippen molar-refractivity contribution in [3.63, 3.8) is 0 Å². The van der Waals surface area contributed by atoms with Gasteiger partial charge in [0.25, 0.3) is 0 Å². The second kappa shape index (κ2) is 4.89. The molecule has 0 heteroatoms. The molecule has 0 aromatic carbocycles. The summed E-state index contributed by atoms with van der Waals surface area (Å²) in [6, 6.07) is 0. The molecule has 72 valence electrons. The molecular formula is C12H24. The summed E-state index contributed by atoms with van der Waals surface area (Å²) in [6.07, 6.45) is 8.89. The van der Waals surface area contributed by atoms with E-state index in [0.717, 1.165) is 17.8 Å². The minimum absolute atomic E-state index is 0.906. The molecule has 0 aliphatic heterocycles. The zero-order valence-electron chi connectivity index (χ0n) is 8.97. The van der Waals surface area contributed by atoms with Gasteiger partial charge in [-0.25, -0.2) is 0 Å². The zero-order chi connectivity index (χ0) is 8.97.